The molecule has 1 fully saturated rings. The van der Waals surface area contributed by atoms with Gasteiger partial charge in [0.05, 0.1) is 0 Å². The first-order valence-corrected chi connectivity index (χ1v) is 6.16. The Morgan fingerprint density at radius 1 is 1.40 bits per heavy atom. The van der Waals surface area contributed by atoms with Crippen molar-refractivity contribution in [2.24, 2.45) is 5.73 Å². The average Bonchev–Trinajstić information content (AvgIpc) is 2.16. The van der Waals surface area contributed by atoms with Crippen molar-refractivity contribution in [1.82, 2.24) is 0 Å². The summed E-state index contributed by atoms with van der Waals surface area (Å²) in [5.41, 5.74) is 6.86. The van der Waals surface area contributed by atoms with Crippen LogP contribution in [0.2, 0.25) is 0 Å². The minimum atomic E-state index is 0.141. The number of phenols is 1. The zero-order valence-corrected chi connectivity index (χ0v) is 10.3. The molecule has 3 heteroatoms. The predicted octanol–water partition coefficient (Wildman–Crippen LogP) is 2.93. The molecule has 0 atom stereocenters. The molecule has 0 heterocycles. The molecule has 2 rings (SSSR count). The molecular formula is C12H16BrNO. The summed E-state index contributed by atoms with van der Waals surface area (Å²) in [6, 6.07) is 5.66. The van der Waals surface area contributed by atoms with Crippen LogP contribution in [0, 0.1) is 0 Å². The third kappa shape index (κ3) is 1.91. The van der Waals surface area contributed by atoms with Crippen molar-refractivity contribution in [3.8, 4) is 5.75 Å². The first-order valence-electron chi connectivity index (χ1n) is 5.37. The van der Waals surface area contributed by atoms with Gasteiger partial charge in [0, 0.05) is 15.5 Å². The average molecular weight is 270 g/mol. The first kappa shape index (κ1) is 11.0. The molecule has 0 spiro atoms. The predicted molar refractivity (Wildman–Crippen MR) is 65.0 cm³/mol. The van der Waals surface area contributed by atoms with Gasteiger partial charge in [-0.3, -0.25) is 0 Å². The number of halogens is 1. The molecule has 0 saturated heterocycles. The van der Waals surface area contributed by atoms with Crippen molar-refractivity contribution < 1.29 is 5.11 Å². The van der Waals surface area contributed by atoms with Crippen LogP contribution in [0.1, 0.15) is 31.2 Å². The van der Waals surface area contributed by atoms with Gasteiger partial charge < -0.3 is 10.8 Å². The van der Waals surface area contributed by atoms with Gasteiger partial charge in [-0.1, -0.05) is 22.4 Å². The molecule has 1 aliphatic carbocycles. The van der Waals surface area contributed by atoms with E-state index in [2.05, 4.69) is 15.9 Å². The van der Waals surface area contributed by atoms with E-state index < -0.39 is 0 Å². The van der Waals surface area contributed by atoms with Gasteiger partial charge in [-0.2, -0.15) is 0 Å². The van der Waals surface area contributed by atoms with E-state index in [4.69, 9.17) is 5.73 Å². The van der Waals surface area contributed by atoms with Gasteiger partial charge in [0.2, 0.25) is 0 Å². The summed E-state index contributed by atoms with van der Waals surface area (Å²) in [7, 11) is 0. The highest BCUT2D eigenvalue weighted by Gasteiger charge is 2.39. The van der Waals surface area contributed by atoms with Crippen LogP contribution >= 0.6 is 15.9 Å². The highest BCUT2D eigenvalue weighted by Crippen LogP contribution is 2.49. The molecule has 0 aromatic heterocycles. The lowest BCUT2D eigenvalue weighted by atomic mass is 9.62. The van der Waals surface area contributed by atoms with Gasteiger partial charge >= 0.3 is 0 Å². The lowest BCUT2D eigenvalue weighted by molar-refractivity contribution is 0.222. The van der Waals surface area contributed by atoms with E-state index in [1.165, 1.54) is 6.42 Å². The zero-order valence-electron chi connectivity index (χ0n) is 8.67. The van der Waals surface area contributed by atoms with E-state index in [1.54, 1.807) is 6.07 Å². The standard InChI is InChI=1S/C12H16BrNO/c13-9-2-3-11(15)10(8-9)12(6-7-14)4-1-5-12/h2-3,8,15H,1,4-7,14H2. The van der Waals surface area contributed by atoms with E-state index in [-0.39, 0.29) is 5.41 Å². The molecule has 82 valence electrons. The van der Waals surface area contributed by atoms with Crippen LogP contribution in [0.3, 0.4) is 0 Å². The molecule has 0 aliphatic heterocycles. The Balaban J connectivity index is 2.37. The molecule has 3 N–H and O–H groups in total. The Labute approximate surface area is 98.6 Å². The largest absolute Gasteiger partial charge is 0.508 e. The fourth-order valence-electron chi connectivity index (χ4n) is 2.47. The van der Waals surface area contributed by atoms with Gasteiger partial charge in [-0.25, -0.2) is 0 Å². The number of hydrogen-bond acceptors (Lipinski definition) is 2. The van der Waals surface area contributed by atoms with Crippen molar-refractivity contribution >= 4 is 15.9 Å². The van der Waals surface area contributed by atoms with Crippen LogP contribution in [-0.4, -0.2) is 11.7 Å². The summed E-state index contributed by atoms with van der Waals surface area (Å²) in [5, 5.41) is 9.90. The number of hydrogen-bond donors (Lipinski definition) is 2. The quantitative estimate of drug-likeness (QED) is 0.887. The topological polar surface area (TPSA) is 46.2 Å². The summed E-state index contributed by atoms with van der Waals surface area (Å²) in [6.45, 7) is 0.686. The lowest BCUT2D eigenvalue weighted by Gasteiger charge is -2.42. The fourth-order valence-corrected chi connectivity index (χ4v) is 2.83. The number of rotatable bonds is 3. The summed E-state index contributed by atoms with van der Waals surface area (Å²) in [5.74, 6) is 0.409. The maximum Gasteiger partial charge on any atom is 0.119 e. The summed E-state index contributed by atoms with van der Waals surface area (Å²) in [4.78, 5) is 0. The molecule has 1 aromatic carbocycles. The third-order valence-corrected chi connectivity index (χ3v) is 3.96. The van der Waals surface area contributed by atoms with Crippen LogP contribution in [0.15, 0.2) is 22.7 Å². The molecule has 1 aromatic rings. The second-order valence-electron chi connectivity index (χ2n) is 4.33. The first-order chi connectivity index (χ1) is 7.18. The van der Waals surface area contributed by atoms with Crippen LogP contribution in [0.5, 0.6) is 5.75 Å². The molecule has 15 heavy (non-hydrogen) atoms. The highest BCUT2D eigenvalue weighted by atomic mass is 79.9. The van der Waals surface area contributed by atoms with Crippen LogP contribution in [-0.2, 0) is 5.41 Å². The van der Waals surface area contributed by atoms with E-state index >= 15 is 0 Å². The Kier molecular flexibility index (Phi) is 3.03. The Hall–Kier alpha value is -0.540. The minimum Gasteiger partial charge on any atom is -0.508 e. The molecule has 1 saturated carbocycles. The molecule has 0 radical (unpaired) electrons. The van der Waals surface area contributed by atoms with Crippen molar-refractivity contribution in [3.63, 3.8) is 0 Å². The van der Waals surface area contributed by atoms with E-state index in [9.17, 15) is 5.11 Å². The molecular weight excluding hydrogens is 254 g/mol. The van der Waals surface area contributed by atoms with Crippen molar-refractivity contribution in [1.29, 1.82) is 0 Å². The van der Waals surface area contributed by atoms with Crippen molar-refractivity contribution in [2.45, 2.75) is 31.1 Å². The molecule has 1 aliphatic rings. The summed E-state index contributed by atoms with van der Waals surface area (Å²) >= 11 is 3.45. The SMILES string of the molecule is NCCC1(c2cc(Br)ccc2O)CCC1. The smallest absolute Gasteiger partial charge is 0.119 e. The lowest BCUT2D eigenvalue weighted by Crippen LogP contribution is -2.36. The van der Waals surface area contributed by atoms with Crippen LogP contribution in [0.25, 0.3) is 0 Å². The molecule has 0 unspecified atom stereocenters. The molecule has 0 amide bonds. The maximum absolute atomic E-state index is 9.90. The van der Waals surface area contributed by atoms with Crippen LogP contribution < -0.4 is 5.73 Å². The molecule has 0 bridgehead atoms. The second-order valence-corrected chi connectivity index (χ2v) is 5.25. The van der Waals surface area contributed by atoms with E-state index in [0.29, 0.717) is 12.3 Å². The molecule has 2 nitrogen and oxygen atoms in total. The maximum atomic E-state index is 9.90. The number of benzene rings is 1. The van der Waals surface area contributed by atoms with Gasteiger partial charge in [0.1, 0.15) is 5.75 Å². The summed E-state index contributed by atoms with van der Waals surface area (Å²) in [6.07, 6.45) is 4.51. The zero-order chi connectivity index (χ0) is 10.9. The summed E-state index contributed by atoms with van der Waals surface area (Å²) < 4.78 is 1.03. The Bertz CT molecular complexity index is 361. The number of aromatic hydroxyl groups is 1. The van der Waals surface area contributed by atoms with Crippen molar-refractivity contribution in [3.05, 3.63) is 28.2 Å². The number of phenolic OH excluding ortho intramolecular Hbond substituents is 1. The third-order valence-electron chi connectivity index (χ3n) is 3.46. The van der Waals surface area contributed by atoms with Gasteiger partial charge in [0.25, 0.3) is 0 Å². The van der Waals surface area contributed by atoms with Gasteiger partial charge in [0.15, 0.2) is 0 Å². The normalized spacial score (nSPS) is 18.5. The monoisotopic (exact) mass is 269 g/mol. The van der Waals surface area contributed by atoms with Gasteiger partial charge in [-0.05, 0) is 44.0 Å². The van der Waals surface area contributed by atoms with Crippen LogP contribution in [0.4, 0.5) is 0 Å². The number of nitrogens with two attached hydrogens (primary N) is 1. The Morgan fingerprint density at radius 2 is 2.13 bits per heavy atom. The van der Waals surface area contributed by atoms with E-state index in [0.717, 1.165) is 29.3 Å². The highest BCUT2D eigenvalue weighted by molar-refractivity contribution is 9.10. The van der Waals surface area contributed by atoms with Gasteiger partial charge in [-0.15, -0.1) is 0 Å². The second kappa shape index (κ2) is 4.14. The van der Waals surface area contributed by atoms with E-state index in [1.807, 2.05) is 12.1 Å². The Morgan fingerprint density at radius 3 is 2.67 bits per heavy atom. The fraction of sp³-hybridized carbons (Fsp3) is 0.500. The minimum absolute atomic E-state index is 0.141. The van der Waals surface area contributed by atoms with Crippen molar-refractivity contribution in [2.75, 3.05) is 6.54 Å².